The third kappa shape index (κ3) is 5.01. The van der Waals surface area contributed by atoms with Gasteiger partial charge >= 0.3 is 0 Å². The van der Waals surface area contributed by atoms with Crippen molar-refractivity contribution in [2.24, 2.45) is 0 Å². The summed E-state index contributed by atoms with van der Waals surface area (Å²) in [4.78, 5) is 0. The lowest BCUT2D eigenvalue weighted by Gasteiger charge is -2.14. The van der Waals surface area contributed by atoms with Gasteiger partial charge in [0, 0.05) is 17.5 Å². The molecule has 1 rings (SSSR count). The van der Waals surface area contributed by atoms with E-state index in [0.29, 0.717) is 0 Å². The molecule has 1 atom stereocenters. The predicted molar refractivity (Wildman–Crippen MR) is 71.9 cm³/mol. The molecule has 2 nitrogen and oxygen atoms in total. The molecule has 0 spiro atoms. The van der Waals surface area contributed by atoms with Gasteiger partial charge in [0.15, 0.2) is 0 Å². The molecule has 0 radical (unpaired) electrons. The van der Waals surface area contributed by atoms with Crippen LogP contribution >= 0.6 is 11.8 Å². The average Bonchev–Trinajstić information content (AvgIpc) is 2.28. The normalized spacial score (nSPS) is 12.7. The van der Waals surface area contributed by atoms with Crippen LogP contribution in [0.1, 0.15) is 18.1 Å². The Morgan fingerprint density at radius 1 is 1.44 bits per heavy atom. The van der Waals surface area contributed by atoms with Gasteiger partial charge in [-0.3, -0.25) is 0 Å². The van der Waals surface area contributed by atoms with Crippen LogP contribution in [0.5, 0.6) is 0 Å². The number of aliphatic hydroxyl groups is 1. The molecule has 0 saturated carbocycles. The minimum Gasteiger partial charge on any atom is -0.395 e. The maximum Gasteiger partial charge on any atom is 0.0592 e. The molecule has 0 heterocycles. The molecule has 1 aromatic rings. The van der Waals surface area contributed by atoms with E-state index in [1.54, 1.807) is 0 Å². The molecule has 0 amide bonds. The van der Waals surface area contributed by atoms with Crippen molar-refractivity contribution in [2.45, 2.75) is 25.6 Å². The van der Waals surface area contributed by atoms with Crippen LogP contribution in [0.2, 0.25) is 0 Å². The first-order chi connectivity index (χ1) is 7.76. The number of nitrogens with one attached hydrogen (secondary N) is 1. The molecule has 0 bridgehead atoms. The second kappa shape index (κ2) is 7.71. The van der Waals surface area contributed by atoms with E-state index in [-0.39, 0.29) is 12.6 Å². The van der Waals surface area contributed by atoms with Crippen LogP contribution < -0.4 is 5.32 Å². The van der Waals surface area contributed by atoms with Crippen molar-refractivity contribution < 1.29 is 5.11 Å². The van der Waals surface area contributed by atoms with Crippen molar-refractivity contribution in [3.63, 3.8) is 0 Å². The minimum absolute atomic E-state index is 0.217. The lowest BCUT2D eigenvalue weighted by Crippen LogP contribution is -2.34. The van der Waals surface area contributed by atoms with E-state index in [0.717, 1.165) is 18.1 Å². The van der Waals surface area contributed by atoms with Gasteiger partial charge in [0.25, 0.3) is 0 Å². The highest BCUT2D eigenvalue weighted by Gasteiger charge is 2.05. The highest BCUT2D eigenvalue weighted by molar-refractivity contribution is 7.98. The number of benzene rings is 1. The minimum atomic E-state index is 0.217. The van der Waals surface area contributed by atoms with Gasteiger partial charge in [-0.1, -0.05) is 36.8 Å². The van der Waals surface area contributed by atoms with Crippen LogP contribution in [0.4, 0.5) is 0 Å². The quantitative estimate of drug-likeness (QED) is 0.765. The van der Waals surface area contributed by atoms with Gasteiger partial charge in [0.1, 0.15) is 0 Å². The van der Waals surface area contributed by atoms with E-state index >= 15 is 0 Å². The van der Waals surface area contributed by atoms with Gasteiger partial charge in [-0.15, -0.1) is 0 Å². The summed E-state index contributed by atoms with van der Waals surface area (Å²) in [5, 5.41) is 12.4. The number of aryl methyl sites for hydroxylation is 1. The lowest BCUT2D eigenvalue weighted by atomic mass is 10.2. The molecule has 0 aliphatic heterocycles. The van der Waals surface area contributed by atoms with Crippen LogP contribution in [0.25, 0.3) is 0 Å². The van der Waals surface area contributed by atoms with Crippen molar-refractivity contribution in [3.8, 4) is 0 Å². The van der Waals surface area contributed by atoms with E-state index in [1.807, 2.05) is 11.8 Å². The third-order valence-corrected chi connectivity index (χ3v) is 3.56. The van der Waals surface area contributed by atoms with Crippen LogP contribution in [0.15, 0.2) is 24.3 Å². The fourth-order valence-corrected chi connectivity index (χ4v) is 2.63. The molecule has 1 unspecified atom stereocenters. The van der Waals surface area contributed by atoms with Crippen LogP contribution in [0, 0.1) is 6.92 Å². The summed E-state index contributed by atoms with van der Waals surface area (Å²) < 4.78 is 0. The van der Waals surface area contributed by atoms with Crippen molar-refractivity contribution in [2.75, 3.05) is 18.9 Å². The van der Waals surface area contributed by atoms with Gasteiger partial charge in [0.2, 0.25) is 0 Å². The number of hydrogen-bond acceptors (Lipinski definition) is 3. The molecule has 90 valence electrons. The fourth-order valence-electron chi connectivity index (χ4n) is 1.59. The van der Waals surface area contributed by atoms with E-state index in [4.69, 9.17) is 5.11 Å². The van der Waals surface area contributed by atoms with Crippen molar-refractivity contribution >= 4 is 11.8 Å². The first kappa shape index (κ1) is 13.6. The molecular formula is C13H21NOS. The highest BCUT2D eigenvalue weighted by Crippen LogP contribution is 2.14. The van der Waals surface area contributed by atoms with Gasteiger partial charge in [-0.05, 0) is 19.0 Å². The Bertz CT molecular complexity index is 304. The monoisotopic (exact) mass is 239 g/mol. The second-order valence-electron chi connectivity index (χ2n) is 3.94. The molecular weight excluding hydrogens is 218 g/mol. The number of aliphatic hydroxyl groups excluding tert-OH is 1. The molecule has 1 aromatic carbocycles. The SMILES string of the molecule is CCNC(CO)CSCc1cccc(C)c1. The summed E-state index contributed by atoms with van der Waals surface area (Å²) in [5.41, 5.74) is 2.67. The summed E-state index contributed by atoms with van der Waals surface area (Å²) in [6.07, 6.45) is 0. The van der Waals surface area contributed by atoms with Crippen LogP contribution in [-0.4, -0.2) is 30.1 Å². The van der Waals surface area contributed by atoms with E-state index in [1.165, 1.54) is 11.1 Å². The standard InChI is InChI=1S/C13H21NOS/c1-3-14-13(8-15)10-16-9-12-6-4-5-11(2)7-12/h4-7,13-15H,3,8-10H2,1-2H3. The number of likely N-dealkylation sites (N-methyl/N-ethyl adjacent to an activating group) is 1. The zero-order valence-corrected chi connectivity index (χ0v) is 10.9. The Kier molecular flexibility index (Phi) is 6.53. The first-order valence-electron chi connectivity index (χ1n) is 5.73. The van der Waals surface area contributed by atoms with Crippen LogP contribution in [-0.2, 0) is 5.75 Å². The average molecular weight is 239 g/mol. The van der Waals surface area contributed by atoms with Gasteiger partial charge in [-0.25, -0.2) is 0 Å². The summed E-state index contributed by atoms with van der Waals surface area (Å²) >= 11 is 1.87. The summed E-state index contributed by atoms with van der Waals surface area (Å²) in [7, 11) is 0. The molecule has 0 fully saturated rings. The Morgan fingerprint density at radius 3 is 2.88 bits per heavy atom. The molecule has 0 aliphatic carbocycles. The summed E-state index contributed by atoms with van der Waals surface area (Å²) in [5.74, 6) is 1.97. The third-order valence-electron chi connectivity index (χ3n) is 2.38. The smallest absolute Gasteiger partial charge is 0.0592 e. The number of rotatable bonds is 7. The lowest BCUT2D eigenvalue weighted by molar-refractivity contribution is 0.255. The number of thioether (sulfide) groups is 1. The zero-order valence-electron chi connectivity index (χ0n) is 10.1. The van der Waals surface area contributed by atoms with E-state index in [2.05, 4.69) is 43.4 Å². The Morgan fingerprint density at radius 2 is 2.25 bits per heavy atom. The van der Waals surface area contributed by atoms with Gasteiger partial charge < -0.3 is 10.4 Å². The van der Waals surface area contributed by atoms with Gasteiger partial charge in [0.05, 0.1) is 6.61 Å². The first-order valence-corrected chi connectivity index (χ1v) is 6.89. The molecule has 2 N–H and O–H groups in total. The maximum absolute atomic E-state index is 9.12. The molecule has 0 saturated heterocycles. The zero-order chi connectivity index (χ0) is 11.8. The van der Waals surface area contributed by atoms with Crippen molar-refractivity contribution in [3.05, 3.63) is 35.4 Å². The Hall–Kier alpha value is -0.510. The summed E-state index contributed by atoms with van der Waals surface area (Å²) in [6, 6.07) is 8.80. The maximum atomic E-state index is 9.12. The van der Waals surface area contributed by atoms with Gasteiger partial charge in [-0.2, -0.15) is 11.8 Å². The topological polar surface area (TPSA) is 32.3 Å². The summed E-state index contributed by atoms with van der Waals surface area (Å²) in [6.45, 7) is 5.31. The largest absolute Gasteiger partial charge is 0.395 e. The predicted octanol–water partition coefficient (Wildman–Crippen LogP) is 2.20. The molecule has 0 aromatic heterocycles. The highest BCUT2D eigenvalue weighted by atomic mass is 32.2. The van der Waals surface area contributed by atoms with Crippen molar-refractivity contribution in [1.29, 1.82) is 0 Å². The Balaban J connectivity index is 2.29. The fraction of sp³-hybridized carbons (Fsp3) is 0.538. The molecule has 0 aliphatic rings. The second-order valence-corrected chi connectivity index (χ2v) is 4.97. The van der Waals surface area contributed by atoms with Crippen molar-refractivity contribution in [1.82, 2.24) is 5.32 Å². The van der Waals surface area contributed by atoms with E-state index < -0.39 is 0 Å². The molecule has 16 heavy (non-hydrogen) atoms. The molecule has 3 heteroatoms. The number of hydrogen-bond donors (Lipinski definition) is 2. The van der Waals surface area contributed by atoms with Crippen LogP contribution in [0.3, 0.4) is 0 Å². The Labute approximate surface area is 102 Å². The van der Waals surface area contributed by atoms with E-state index in [9.17, 15) is 0 Å².